The van der Waals surface area contributed by atoms with Gasteiger partial charge in [-0.05, 0) is 58.4 Å². The number of hydrogen-bond acceptors (Lipinski definition) is 4. The number of amides is 1. The van der Waals surface area contributed by atoms with Crippen LogP contribution < -0.4 is 5.32 Å². The van der Waals surface area contributed by atoms with E-state index in [1.54, 1.807) is 0 Å². The Morgan fingerprint density at radius 2 is 1.96 bits per heavy atom. The molecule has 1 fully saturated rings. The van der Waals surface area contributed by atoms with E-state index in [4.69, 9.17) is 0 Å². The largest absolute Gasteiger partial charge is 0.390 e. The summed E-state index contributed by atoms with van der Waals surface area (Å²) in [4.78, 5) is 17.2. The summed E-state index contributed by atoms with van der Waals surface area (Å²) < 4.78 is 0. The zero-order valence-corrected chi connectivity index (χ0v) is 16.1. The van der Waals surface area contributed by atoms with Gasteiger partial charge in [0.2, 0.25) is 0 Å². The summed E-state index contributed by atoms with van der Waals surface area (Å²) in [5.41, 5.74) is 1.09. The van der Waals surface area contributed by atoms with Crippen LogP contribution in [0.5, 0.6) is 0 Å². The van der Waals surface area contributed by atoms with Crippen LogP contribution in [0.1, 0.15) is 43.1 Å². The lowest BCUT2D eigenvalue weighted by Gasteiger charge is -2.36. The highest BCUT2D eigenvalue weighted by molar-refractivity contribution is 5.94. The van der Waals surface area contributed by atoms with Gasteiger partial charge in [0.1, 0.15) is 0 Å². The third-order valence-corrected chi connectivity index (χ3v) is 4.93. The fraction of sp³-hybridized carbons (Fsp3) is 0.650. The molecule has 1 aromatic rings. The second-order valence-corrected chi connectivity index (χ2v) is 7.91. The van der Waals surface area contributed by atoms with Crippen LogP contribution in [-0.4, -0.2) is 72.2 Å². The van der Waals surface area contributed by atoms with E-state index < -0.39 is 5.60 Å². The van der Waals surface area contributed by atoms with Crippen LogP contribution in [0.2, 0.25) is 0 Å². The van der Waals surface area contributed by atoms with Gasteiger partial charge in [-0.25, -0.2) is 0 Å². The number of carbonyl (C=O) groups is 1. The summed E-state index contributed by atoms with van der Waals surface area (Å²) in [7, 11) is 2.15. The zero-order chi connectivity index (χ0) is 18.4. The van der Waals surface area contributed by atoms with Gasteiger partial charge in [-0.2, -0.15) is 0 Å². The maximum absolute atomic E-state index is 12.5. The topological polar surface area (TPSA) is 55.8 Å². The maximum atomic E-state index is 12.5. The Kier molecular flexibility index (Phi) is 6.99. The average Bonchev–Trinajstić information content (AvgIpc) is 2.58. The van der Waals surface area contributed by atoms with E-state index in [9.17, 15) is 9.90 Å². The predicted octanol–water partition coefficient (Wildman–Crippen LogP) is 1.76. The van der Waals surface area contributed by atoms with Crippen LogP contribution in [0.15, 0.2) is 24.3 Å². The van der Waals surface area contributed by atoms with Gasteiger partial charge in [0, 0.05) is 44.3 Å². The third-order valence-electron chi connectivity index (χ3n) is 4.93. The minimum Gasteiger partial charge on any atom is -0.390 e. The maximum Gasteiger partial charge on any atom is 0.251 e. The van der Waals surface area contributed by atoms with E-state index >= 15 is 0 Å². The molecule has 2 rings (SSSR count). The molecule has 1 unspecified atom stereocenters. The first-order chi connectivity index (χ1) is 11.7. The summed E-state index contributed by atoms with van der Waals surface area (Å²) in [6, 6.07) is 8.05. The van der Waals surface area contributed by atoms with E-state index in [0.717, 1.165) is 38.2 Å². The van der Waals surface area contributed by atoms with E-state index in [1.165, 1.54) is 0 Å². The molecule has 1 saturated heterocycles. The minimum absolute atomic E-state index is 0.0221. The first-order valence-corrected chi connectivity index (χ1v) is 9.27. The smallest absolute Gasteiger partial charge is 0.251 e. The summed E-state index contributed by atoms with van der Waals surface area (Å²) in [6.07, 6.45) is 1.45. The Morgan fingerprint density at radius 1 is 1.28 bits per heavy atom. The standard InChI is InChI=1S/C20H33N3O2/c1-16(23-12-10-22(4)11-13-23)15-21-19(24)18-7-5-6-17(14-18)8-9-20(2,3)25/h5-7,14,16,25H,8-13,15H2,1-4H3,(H,21,24). The van der Waals surface area contributed by atoms with E-state index in [2.05, 4.69) is 29.1 Å². The molecule has 1 aliphatic rings. The molecule has 0 radical (unpaired) electrons. The van der Waals surface area contributed by atoms with Crippen molar-refractivity contribution in [2.45, 2.75) is 45.3 Å². The molecule has 1 heterocycles. The van der Waals surface area contributed by atoms with Gasteiger partial charge in [-0.15, -0.1) is 0 Å². The first kappa shape index (κ1) is 19.9. The van der Waals surface area contributed by atoms with Crippen LogP contribution in [0, 0.1) is 0 Å². The quantitative estimate of drug-likeness (QED) is 0.789. The molecule has 1 amide bonds. The number of hydrogen-bond donors (Lipinski definition) is 2. The zero-order valence-electron chi connectivity index (χ0n) is 16.1. The normalized spacial score (nSPS) is 18.1. The Balaban J connectivity index is 1.84. The van der Waals surface area contributed by atoms with Gasteiger partial charge in [-0.1, -0.05) is 12.1 Å². The molecule has 0 saturated carbocycles. The van der Waals surface area contributed by atoms with Crippen molar-refractivity contribution < 1.29 is 9.90 Å². The first-order valence-electron chi connectivity index (χ1n) is 9.27. The van der Waals surface area contributed by atoms with Gasteiger partial charge >= 0.3 is 0 Å². The van der Waals surface area contributed by atoms with Crippen molar-refractivity contribution in [2.75, 3.05) is 39.8 Å². The highest BCUT2D eigenvalue weighted by Crippen LogP contribution is 2.14. The van der Waals surface area contributed by atoms with Gasteiger partial charge in [0.25, 0.3) is 5.91 Å². The van der Waals surface area contributed by atoms with Crippen molar-refractivity contribution in [2.24, 2.45) is 0 Å². The lowest BCUT2D eigenvalue weighted by Crippen LogP contribution is -2.51. The highest BCUT2D eigenvalue weighted by Gasteiger charge is 2.19. The molecule has 25 heavy (non-hydrogen) atoms. The number of aliphatic hydroxyl groups is 1. The van der Waals surface area contributed by atoms with Crippen molar-refractivity contribution in [1.82, 2.24) is 15.1 Å². The fourth-order valence-corrected chi connectivity index (χ4v) is 3.05. The van der Waals surface area contributed by atoms with Gasteiger partial charge < -0.3 is 15.3 Å². The minimum atomic E-state index is -0.684. The molecule has 0 bridgehead atoms. The van der Waals surface area contributed by atoms with Crippen molar-refractivity contribution >= 4 is 5.91 Å². The van der Waals surface area contributed by atoms with E-state index in [0.29, 0.717) is 24.6 Å². The molecule has 1 aromatic carbocycles. The molecule has 0 spiro atoms. The number of likely N-dealkylation sites (N-methyl/N-ethyl adjacent to an activating group) is 1. The van der Waals surface area contributed by atoms with Crippen LogP contribution in [-0.2, 0) is 6.42 Å². The molecular weight excluding hydrogens is 314 g/mol. The van der Waals surface area contributed by atoms with Gasteiger partial charge in [-0.3, -0.25) is 9.69 Å². The molecule has 1 atom stereocenters. The van der Waals surface area contributed by atoms with Gasteiger partial charge in [0.05, 0.1) is 5.60 Å². The van der Waals surface area contributed by atoms with Gasteiger partial charge in [0.15, 0.2) is 0 Å². The number of nitrogens with zero attached hydrogens (tertiary/aromatic N) is 2. The second-order valence-electron chi connectivity index (χ2n) is 7.91. The van der Waals surface area contributed by atoms with Crippen LogP contribution in [0.25, 0.3) is 0 Å². The summed E-state index contributed by atoms with van der Waals surface area (Å²) >= 11 is 0. The highest BCUT2D eigenvalue weighted by atomic mass is 16.3. The van der Waals surface area contributed by atoms with Crippen LogP contribution in [0.3, 0.4) is 0 Å². The molecule has 2 N–H and O–H groups in total. The molecule has 1 aliphatic heterocycles. The number of benzene rings is 1. The summed E-state index contributed by atoms with van der Waals surface area (Å²) in [5.74, 6) is -0.0221. The monoisotopic (exact) mass is 347 g/mol. The van der Waals surface area contributed by atoms with E-state index in [1.807, 2.05) is 38.1 Å². The average molecular weight is 348 g/mol. The predicted molar refractivity (Wildman–Crippen MR) is 102 cm³/mol. The van der Waals surface area contributed by atoms with E-state index in [-0.39, 0.29) is 5.91 Å². The number of carbonyl (C=O) groups excluding carboxylic acids is 1. The molecule has 140 valence electrons. The van der Waals surface area contributed by atoms with Crippen molar-refractivity contribution in [3.8, 4) is 0 Å². The number of nitrogens with one attached hydrogen (secondary N) is 1. The molecule has 5 heteroatoms. The Bertz CT molecular complexity index is 560. The third kappa shape index (κ3) is 6.77. The lowest BCUT2D eigenvalue weighted by molar-refractivity contribution is 0.0714. The van der Waals surface area contributed by atoms with Crippen molar-refractivity contribution in [3.05, 3.63) is 35.4 Å². The summed E-state index contributed by atoms with van der Waals surface area (Å²) in [6.45, 7) is 10.7. The molecular formula is C20H33N3O2. The SMILES string of the molecule is CC(CNC(=O)c1cccc(CCC(C)(C)O)c1)N1CCN(C)CC1. The Morgan fingerprint density at radius 3 is 2.60 bits per heavy atom. The Labute approximate surface area is 152 Å². The number of rotatable bonds is 7. The molecule has 0 aliphatic carbocycles. The molecule has 0 aromatic heterocycles. The summed E-state index contributed by atoms with van der Waals surface area (Å²) in [5, 5.41) is 12.9. The van der Waals surface area contributed by atoms with Crippen LogP contribution >= 0.6 is 0 Å². The fourth-order valence-electron chi connectivity index (χ4n) is 3.05. The van der Waals surface area contributed by atoms with Crippen LogP contribution in [0.4, 0.5) is 0 Å². The Hall–Kier alpha value is -1.43. The van der Waals surface area contributed by atoms with Crippen molar-refractivity contribution in [3.63, 3.8) is 0 Å². The number of aryl methyl sites for hydroxylation is 1. The van der Waals surface area contributed by atoms with Crippen molar-refractivity contribution in [1.29, 1.82) is 0 Å². The lowest BCUT2D eigenvalue weighted by atomic mass is 9.98. The second kappa shape index (κ2) is 8.79. The number of piperazine rings is 1. The molecule has 5 nitrogen and oxygen atoms in total.